The Balaban J connectivity index is 1.72. The average Bonchev–Trinajstić information content (AvgIpc) is 2.70. The maximum absolute atomic E-state index is 12.3. The molecule has 1 fully saturated rings. The molecule has 0 bridgehead atoms. The van der Waals surface area contributed by atoms with Gasteiger partial charge in [-0.2, -0.15) is 0 Å². The van der Waals surface area contributed by atoms with Crippen molar-refractivity contribution in [2.75, 3.05) is 19.0 Å². The molecule has 1 amide bonds. The maximum atomic E-state index is 12.3. The summed E-state index contributed by atoms with van der Waals surface area (Å²) in [6.07, 6.45) is 2.95. The number of ether oxygens (including phenoxy) is 2. The Morgan fingerprint density at radius 1 is 1.17 bits per heavy atom. The van der Waals surface area contributed by atoms with Crippen LogP contribution in [0.2, 0.25) is 5.02 Å². The van der Waals surface area contributed by atoms with Crippen LogP contribution in [-0.4, -0.2) is 30.6 Å². The van der Waals surface area contributed by atoms with Crippen molar-refractivity contribution in [1.29, 1.82) is 0 Å². The summed E-state index contributed by atoms with van der Waals surface area (Å²) in [5, 5.41) is 4.25. The van der Waals surface area contributed by atoms with Crippen molar-refractivity contribution in [2.45, 2.75) is 19.3 Å². The number of hydrogen-bond acceptors (Lipinski definition) is 5. The van der Waals surface area contributed by atoms with Gasteiger partial charge in [0.1, 0.15) is 5.75 Å². The van der Waals surface area contributed by atoms with Crippen molar-refractivity contribution < 1.29 is 19.1 Å². The molecule has 7 heteroatoms. The molecule has 1 N–H and O–H groups in total. The quantitative estimate of drug-likeness (QED) is 0.572. The van der Waals surface area contributed by atoms with Gasteiger partial charge in [0.2, 0.25) is 5.91 Å². The van der Waals surface area contributed by atoms with E-state index in [0.29, 0.717) is 33.1 Å². The zero-order valence-corrected chi connectivity index (χ0v) is 17.2. The van der Waals surface area contributed by atoms with Gasteiger partial charge in [0.15, 0.2) is 6.61 Å². The minimum Gasteiger partial charge on any atom is -0.481 e. The molecule has 0 radical (unpaired) electrons. The standard InChI is InChI=1S/C23H21ClN2O4/c1-29-22(27)13-30-21-12-20(15-6-3-7-16(24)10-15)26-19-9-8-17(11-18(19)21)25-23(28)14-4-2-5-14/h3,6-12,14H,2,4-5,13H2,1H3,(H,25,28). The minimum absolute atomic E-state index is 0.0288. The van der Waals surface area contributed by atoms with Gasteiger partial charge in [-0.25, -0.2) is 9.78 Å². The van der Waals surface area contributed by atoms with Crippen molar-refractivity contribution in [3.63, 3.8) is 0 Å². The lowest BCUT2D eigenvalue weighted by atomic mass is 9.85. The first kappa shape index (κ1) is 20.2. The van der Waals surface area contributed by atoms with Crippen LogP contribution in [0, 0.1) is 5.92 Å². The SMILES string of the molecule is COC(=O)COc1cc(-c2cccc(Cl)c2)nc2ccc(NC(=O)C3CCC3)cc12. The number of esters is 1. The Kier molecular flexibility index (Phi) is 5.86. The fraction of sp³-hybridized carbons (Fsp3) is 0.261. The van der Waals surface area contributed by atoms with E-state index in [4.69, 9.17) is 21.3 Å². The predicted molar refractivity (Wildman–Crippen MR) is 116 cm³/mol. The third-order valence-electron chi connectivity index (χ3n) is 5.21. The van der Waals surface area contributed by atoms with E-state index >= 15 is 0 Å². The van der Waals surface area contributed by atoms with Crippen molar-refractivity contribution in [1.82, 2.24) is 4.98 Å². The van der Waals surface area contributed by atoms with Gasteiger partial charge in [-0.15, -0.1) is 0 Å². The van der Waals surface area contributed by atoms with E-state index in [-0.39, 0.29) is 18.4 Å². The van der Waals surface area contributed by atoms with E-state index < -0.39 is 5.97 Å². The first-order valence-electron chi connectivity index (χ1n) is 9.75. The van der Waals surface area contributed by atoms with E-state index in [1.807, 2.05) is 36.4 Å². The molecule has 1 aliphatic carbocycles. The van der Waals surface area contributed by atoms with Crippen LogP contribution in [0.3, 0.4) is 0 Å². The molecule has 154 valence electrons. The maximum Gasteiger partial charge on any atom is 0.343 e. The molecular weight excluding hydrogens is 404 g/mol. The molecule has 0 aliphatic heterocycles. The van der Waals surface area contributed by atoms with Gasteiger partial charge in [-0.05, 0) is 43.2 Å². The Labute approximate surface area is 179 Å². The van der Waals surface area contributed by atoms with Gasteiger partial charge in [0.25, 0.3) is 0 Å². The highest BCUT2D eigenvalue weighted by Gasteiger charge is 2.25. The topological polar surface area (TPSA) is 77.5 Å². The fourth-order valence-electron chi connectivity index (χ4n) is 3.30. The van der Waals surface area contributed by atoms with Crippen LogP contribution in [0.1, 0.15) is 19.3 Å². The highest BCUT2D eigenvalue weighted by molar-refractivity contribution is 6.30. The van der Waals surface area contributed by atoms with E-state index in [0.717, 1.165) is 24.8 Å². The smallest absolute Gasteiger partial charge is 0.343 e. The number of halogens is 1. The number of nitrogens with zero attached hydrogens (tertiary/aromatic N) is 1. The minimum atomic E-state index is -0.487. The number of methoxy groups -OCH3 is 1. The lowest BCUT2D eigenvalue weighted by molar-refractivity contribution is -0.142. The number of benzene rings is 2. The molecule has 3 aromatic rings. The monoisotopic (exact) mass is 424 g/mol. The summed E-state index contributed by atoms with van der Waals surface area (Å²) in [5.74, 6) is 0.0963. The lowest BCUT2D eigenvalue weighted by Gasteiger charge is -2.24. The van der Waals surface area contributed by atoms with Gasteiger partial charge in [0, 0.05) is 33.6 Å². The van der Waals surface area contributed by atoms with Crippen LogP contribution in [-0.2, 0) is 14.3 Å². The van der Waals surface area contributed by atoms with Crippen LogP contribution in [0.4, 0.5) is 5.69 Å². The second-order valence-corrected chi connectivity index (χ2v) is 7.67. The first-order chi connectivity index (χ1) is 14.5. The molecule has 0 spiro atoms. The lowest BCUT2D eigenvalue weighted by Crippen LogP contribution is -2.27. The molecule has 0 unspecified atom stereocenters. The van der Waals surface area contributed by atoms with Crippen LogP contribution in [0.25, 0.3) is 22.2 Å². The van der Waals surface area contributed by atoms with Crippen molar-refractivity contribution in [3.8, 4) is 17.0 Å². The predicted octanol–water partition coefficient (Wildman–Crippen LogP) is 4.85. The number of nitrogens with one attached hydrogen (secondary N) is 1. The highest BCUT2D eigenvalue weighted by atomic mass is 35.5. The number of fused-ring (bicyclic) bond motifs is 1. The van der Waals surface area contributed by atoms with E-state index in [1.54, 1.807) is 12.1 Å². The molecule has 2 aromatic carbocycles. The molecule has 6 nitrogen and oxygen atoms in total. The second-order valence-electron chi connectivity index (χ2n) is 7.23. The van der Waals surface area contributed by atoms with E-state index in [2.05, 4.69) is 10.1 Å². The molecule has 1 aliphatic rings. The molecule has 30 heavy (non-hydrogen) atoms. The van der Waals surface area contributed by atoms with Gasteiger partial charge in [-0.1, -0.05) is 30.2 Å². The van der Waals surface area contributed by atoms with Gasteiger partial charge in [-0.3, -0.25) is 4.79 Å². The Morgan fingerprint density at radius 2 is 2.00 bits per heavy atom. The number of pyridine rings is 1. The zero-order valence-electron chi connectivity index (χ0n) is 16.5. The number of anilines is 1. The van der Waals surface area contributed by atoms with Gasteiger partial charge in [0.05, 0.1) is 18.3 Å². The van der Waals surface area contributed by atoms with Gasteiger partial charge < -0.3 is 14.8 Å². The summed E-state index contributed by atoms with van der Waals surface area (Å²) in [6.45, 7) is -0.233. The molecule has 1 aromatic heterocycles. The summed E-state index contributed by atoms with van der Waals surface area (Å²) >= 11 is 6.13. The van der Waals surface area contributed by atoms with Crippen LogP contribution < -0.4 is 10.1 Å². The normalized spacial score (nSPS) is 13.5. The fourth-order valence-corrected chi connectivity index (χ4v) is 3.49. The largest absolute Gasteiger partial charge is 0.481 e. The van der Waals surface area contributed by atoms with Crippen LogP contribution >= 0.6 is 11.6 Å². The Morgan fingerprint density at radius 3 is 2.70 bits per heavy atom. The molecule has 1 heterocycles. The Bertz CT molecular complexity index is 1110. The molecule has 0 atom stereocenters. The third kappa shape index (κ3) is 4.39. The van der Waals surface area contributed by atoms with Crippen molar-refractivity contribution in [2.24, 2.45) is 5.92 Å². The molecule has 4 rings (SSSR count). The number of hydrogen-bond donors (Lipinski definition) is 1. The van der Waals surface area contributed by atoms with Crippen molar-refractivity contribution >= 4 is 40.1 Å². The number of rotatable bonds is 6. The van der Waals surface area contributed by atoms with E-state index in [1.165, 1.54) is 7.11 Å². The average molecular weight is 425 g/mol. The summed E-state index contributed by atoms with van der Waals surface area (Å²) in [4.78, 5) is 28.6. The number of amides is 1. The summed E-state index contributed by atoms with van der Waals surface area (Å²) in [5.41, 5.74) is 2.83. The number of aromatic nitrogens is 1. The number of carbonyl (C=O) groups excluding carboxylic acids is 2. The van der Waals surface area contributed by atoms with Crippen molar-refractivity contribution in [3.05, 3.63) is 53.6 Å². The molecular formula is C23H21ClN2O4. The number of carbonyl (C=O) groups is 2. The highest BCUT2D eigenvalue weighted by Crippen LogP contribution is 2.33. The van der Waals surface area contributed by atoms with Crippen LogP contribution in [0.5, 0.6) is 5.75 Å². The summed E-state index contributed by atoms with van der Waals surface area (Å²) in [6, 6.07) is 14.6. The second kappa shape index (κ2) is 8.71. The van der Waals surface area contributed by atoms with Crippen LogP contribution in [0.15, 0.2) is 48.5 Å². The Hall–Kier alpha value is -3.12. The first-order valence-corrected chi connectivity index (χ1v) is 10.1. The third-order valence-corrected chi connectivity index (χ3v) is 5.44. The zero-order chi connectivity index (χ0) is 21.1. The summed E-state index contributed by atoms with van der Waals surface area (Å²) in [7, 11) is 1.31. The molecule has 0 saturated heterocycles. The summed E-state index contributed by atoms with van der Waals surface area (Å²) < 4.78 is 10.4. The van der Waals surface area contributed by atoms with Gasteiger partial charge >= 0.3 is 5.97 Å². The van der Waals surface area contributed by atoms with E-state index in [9.17, 15) is 9.59 Å². The molecule has 1 saturated carbocycles.